The molecule has 0 spiro atoms. The van der Waals surface area contributed by atoms with Crippen LogP contribution in [0.3, 0.4) is 0 Å². The standard InChI is InChI=1S/C18H25N3O2/c22-18(20-23)6-5-14-7-10-21(11-8-14)12-9-15-13-19-17-4-2-1-3-16(15)17/h1-4,13-14,19,23H,5-12H2,(H,20,22). The van der Waals surface area contributed by atoms with Crippen molar-refractivity contribution in [2.75, 3.05) is 19.6 Å². The number of rotatable bonds is 6. The van der Waals surface area contributed by atoms with E-state index in [1.54, 1.807) is 5.48 Å². The Kier molecular flexibility index (Phi) is 5.31. The summed E-state index contributed by atoms with van der Waals surface area (Å²) in [6.07, 6.45) is 6.80. The maximum atomic E-state index is 11.1. The van der Waals surface area contributed by atoms with Gasteiger partial charge in [0.1, 0.15) is 0 Å². The van der Waals surface area contributed by atoms with Crippen LogP contribution in [-0.2, 0) is 11.2 Å². The molecular weight excluding hydrogens is 290 g/mol. The third-order valence-corrected chi connectivity index (χ3v) is 4.98. The van der Waals surface area contributed by atoms with Gasteiger partial charge in [-0.1, -0.05) is 18.2 Å². The first-order valence-electron chi connectivity index (χ1n) is 8.46. The van der Waals surface area contributed by atoms with Crippen LogP contribution in [0.25, 0.3) is 10.9 Å². The molecule has 1 saturated heterocycles. The van der Waals surface area contributed by atoms with Gasteiger partial charge in [0.15, 0.2) is 0 Å². The number of H-pyrrole nitrogens is 1. The molecule has 0 bridgehead atoms. The maximum absolute atomic E-state index is 11.1. The predicted molar refractivity (Wildman–Crippen MR) is 90.3 cm³/mol. The number of hydroxylamine groups is 1. The van der Waals surface area contributed by atoms with Crippen molar-refractivity contribution in [1.29, 1.82) is 0 Å². The summed E-state index contributed by atoms with van der Waals surface area (Å²) in [5.41, 5.74) is 4.31. The average Bonchev–Trinajstić information content (AvgIpc) is 3.02. The van der Waals surface area contributed by atoms with Gasteiger partial charge in [0.25, 0.3) is 0 Å². The highest BCUT2D eigenvalue weighted by Crippen LogP contribution is 2.23. The topological polar surface area (TPSA) is 68.4 Å². The van der Waals surface area contributed by atoms with E-state index >= 15 is 0 Å². The first-order valence-corrected chi connectivity index (χ1v) is 8.46. The molecule has 1 aliphatic rings. The monoisotopic (exact) mass is 315 g/mol. The van der Waals surface area contributed by atoms with Gasteiger partial charge < -0.3 is 9.88 Å². The lowest BCUT2D eigenvalue weighted by molar-refractivity contribution is -0.129. The number of fused-ring (bicyclic) bond motifs is 1. The summed E-state index contributed by atoms with van der Waals surface area (Å²) in [5, 5.41) is 9.86. The van der Waals surface area contributed by atoms with Gasteiger partial charge in [0, 0.05) is 30.1 Å². The molecule has 2 heterocycles. The molecule has 1 aromatic carbocycles. The highest BCUT2D eigenvalue weighted by Gasteiger charge is 2.19. The number of para-hydroxylation sites is 1. The molecular formula is C18H25N3O2. The van der Waals surface area contributed by atoms with Crippen LogP contribution in [0.5, 0.6) is 0 Å². The lowest BCUT2D eigenvalue weighted by atomic mass is 9.92. The number of nitrogens with one attached hydrogen (secondary N) is 2. The minimum absolute atomic E-state index is 0.272. The molecule has 5 heteroatoms. The van der Waals surface area contributed by atoms with Crippen LogP contribution >= 0.6 is 0 Å². The average molecular weight is 315 g/mol. The molecule has 5 nitrogen and oxygen atoms in total. The lowest BCUT2D eigenvalue weighted by Crippen LogP contribution is -2.35. The summed E-state index contributed by atoms with van der Waals surface area (Å²) in [4.78, 5) is 16.9. The van der Waals surface area contributed by atoms with Crippen molar-refractivity contribution in [3.63, 3.8) is 0 Å². The summed E-state index contributed by atoms with van der Waals surface area (Å²) >= 11 is 0. The van der Waals surface area contributed by atoms with Crippen LogP contribution in [0.4, 0.5) is 0 Å². The SMILES string of the molecule is O=C(CCC1CCN(CCc2c[nH]c3ccccc23)CC1)NO. The molecule has 1 aromatic heterocycles. The molecule has 124 valence electrons. The third-order valence-electron chi connectivity index (χ3n) is 4.98. The van der Waals surface area contributed by atoms with E-state index in [9.17, 15) is 4.79 Å². The molecule has 0 unspecified atom stereocenters. The summed E-state index contributed by atoms with van der Waals surface area (Å²) in [6.45, 7) is 3.30. The summed E-state index contributed by atoms with van der Waals surface area (Å²) in [7, 11) is 0. The molecule has 23 heavy (non-hydrogen) atoms. The van der Waals surface area contributed by atoms with Crippen molar-refractivity contribution in [3.8, 4) is 0 Å². The zero-order chi connectivity index (χ0) is 16.1. The molecule has 1 amide bonds. The highest BCUT2D eigenvalue weighted by molar-refractivity contribution is 5.83. The number of carbonyl (C=O) groups is 1. The van der Waals surface area contributed by atoms with Crippen LogP contribution < -0.4 is 5.48 Å². The first kappa shape index (κ1) is 16.0. The molecule has 1 aliphatic heterocycles. The molecule has 3 N–H and O–H groups in total. The van der Waals surface area contributed by atoms with Gasteiger partial charge in [-0.15, -0.1) is 0 Å². The van der Waals surface area contributed by atoms with E-state index in [2.05, 4.69) is 40.3 Å². The van der Waals surface area contributed by atoms with Gasteiger partial charge >= 0.3 is 0 Å². The van der Waals surface area contributed by atoms with Crippen LogP contribution in [0.15, 0.2) is 30.5 Å². The second-order valence-electron chi connectivity index (χ2n) is 6.47. The van der Waals surface area contributed by atoms with Crippen molar-refractivity contribution < 1.29 is 10.0 Å². The van der Waals surface area contributed by atoms with Crippen LogP contribution in [-0.4, -0.2) is 40.6 Å². The molecule has 1 fully saturated rings. The van der Waals surface area contributed by atoms with E-state index in [-0.39, 0.29) is 5.91 Å². The van der Waals surface area contributed by atoms with Crippen molar-refractivity contribution in [2.45, 2.75) is 32.1 Å². The fourth-order valence-corrected chi connectivity index (χ4v) is 3.51. The minimum atomic E-state index is -0.272. The number of aromatic amines is 1. The number of piperidine rings is 1. The number of hydrogen-bond acceptors (Lipinski definition) is 3. The number of amides is 1. The Morgan fingerprint density at radius 2 is 2.09 bits per heavy atom. The quantitative estimate of drug-likeness (QED) is 0.567. The van der Waals surface area contributed by atoms with Crippen molar-refractivity contribution in [1.82, 2.24) is 15.4 Å². The second kappa shape index (κ2) is 7.62. The lowest BCUT2D eigenvalue weighted by Gasteiger charge is -2.31. The molecule has 2 aromatic rings. The molecule has 0 aliphatic carbocycles. The van der Waals surface area contributed by atoms with E-state index < -0.39 is 0 Å². The van der Waals surface area contributed by atoms with E-state index in [0.717, 1.165) is 45.3 Å². The Bertz CT molecular complexity index is 645. The molecule has 0 atom stereocenters. The smallest absolute Gasteiger partial charge is 0.243 e. The summed E-state index contributed by atoms with van der Waals surface area (Å²) < 4.78 is 0. The predicted octanol–water partition coefficient (Wildman–Crippen LogP) is 2.71. The normalized spacial score (nSPS) is 16.7. The maximum Gasteiger partial charge on any atom is 0.243 e. The Labute approximate surface area is 136 Å². The van der Waals surface area contributed by atoms with Crippen LogP contribution in [0.2, 0.25) is 0 Å². The van der Waals surface area contributed by atoms with Gasteiger partial charge in [0.05, 0.1) is 0 Å². The summed E-state index contributed by atoms with van der Waals surface area (Å²) in [5.74, 6) is 0.336. The van der Waals surface area contributed by atoms with Gasteiger partial charge in [-0.25, -0.2) is 5.48 Å². The molecule has 0 saturated carbocycles. The van der Waals surface area contributed by atoms with E-state index in [0.29, 0.717) is 12.3 Å². The zero-order valence-electron chi connectivity index (χ0n) is 13.4. The van der Waals surface area contributed by atoms with Crippen molar-refractivity contribution >= 4 is 16.8 Å². The van der Waals surface area contributed by atoms with Gasteiger partial charge in [-0.2, -0.15) is 0 Å². The molecule has 3 rings (SSSR count). The third kappa shape index (κ3) is 4.12. The van der Waals surface area contributed by atoms with Gasteiger partial charge in [-0.05, 0) is 56.3 Å². The van der Waals surface area contributed by atoms with Gasteiger partial charge in [0.2, 0.25) is 5.91 Å². The second-order valence-corrected chi connectivity index (χ2v) is 6.47. The number of benzene rings is 1. The Hall–Kier alpha value is -1.85. The zero-order valence-corrected chi connectivity index (χ0v) is 13.4. The highest BCUT2D eigenvalue weighted by atomic mass is 16.5. The fourth-order valence-electron chi connectivity index (χ4n) is 3.51. The van der Waals surface area contributed by atoms with E-state index in [1.165, 1.54) is 16.5 Å². The Morgan fingerprint density at radius 3 is 2.87 bits per heavy atom. The Balaban J connectivity index is 1.43. The number of nitrogens with zero attached hydrogens (tertiary/aromatic N) is 1. The molecule has 0 radical (unpaired) electrons. The van der Waals surface area contributed by atoms with Crippen molar-refractivity contribution in [3.05, 3.63) is 36.0 Å². The largest absolute Gasteiger partial charge is 0.361 e. The Morgan fingerprint density at radius 1 is 1.30 bits per heavy atom. The van der Waals surface area contributed by atoms with Crippen LogP contribution in [0.1, 0.15) is 31.2 Å². The van der Waals surface area contributed by atoms with Crippen LogP contribution in [0, 0.1) is 5.92 Å². The number of aromatic nitrogens is 1. The minimum Gasteiger partial charge on any atom is -0.361 e. The van der Waals surface area contributed by atoms with Gasteiger partial charge in [-0.3, -0.25) is 10.0 Å². The van der Waals surface area contributed by atoms with E-state index in [1.807, 2.05) is 0 Å². The number of hydrogen-bond donors (Lipinski definition) is 3. The number of carbonyl (C=O) groups excluding carboxylic acids is 1. The van der Waals surface area contributed by atoms with E-state index in [4.69, 9.17) is 5.21 Å². The van der Waals surface area contributed by atoms with Crippen molar-refractivity contribution in [2.24, 2.45) is 5.92 Å². The fraction of sp³-hybridized carbons (Fsp3) is 0.500. The first-order chi connectivity index (χ1) is 11.3. The number of likely N-dealkylation sites (tertiary alicyclic amines) is 1. The summed E-state index contributed by atoms with van der Waals surface area (Å²) in [6, 6.07) is 8.45.